The lowest BCUT2D eigenvalue weighted by atomic mass is 9.70. The zero-order valence-corrected chi connectivity index (χ0v) is 8.25. The van der Waals surface area contributed by atoms with Gasteiger partial charge in [-0.2, -0.15) is 0 Å². The molecule has 0 amide bonds. The number of carboxylic acids is 1. The van der Waals surface area contributed by atoms with Crippen molar-refractivity contribution in [2.24, 2.45) is 17.3 Å². The summed E-state index contributed by atoms with van der Waals surface area (Å²) in [7, 11) is 0. The van der Waals surface area contributed by atoms with Gasteiger partial charge in [-0.25, -0.2) is 0 Å². The second kappa shape index (κ2) is 3.00. The molecule has 0 unspecified atom stereocenters. The van der Waals surface area contributed by atoms with Crippen molar-refractivity contribution in [1.82, 2.24) is 0 Å². The number of carboxylic acid groups (broad SMARTS) is 1. The van der Waals surface area contributed by atoms with Crippen LogP contribution in [-0.4, -0.2) is 11.1 Å². The van der Waals surface area contributed by atoms with E-state index in [1.807, 2.05) is 0 Å². The van der Waals surface area contributed by atoms with Crippen LogP contribution in [0.15, 0.2) is 0 Å². The van der Waals surface area contributed by atoms with Crippen LogP contribution in [0.5, 0.6) is 0 Å². The first kappa shape index (κ1) is 9.04. The standard InChI is InChI=1S/C11H18O2/c1-11-5-3-2-4-9(11)6-8(7-11)10(12)13/h8-9H,2-7H2,1H3,(H,12,13)/t8-,9-,11-/m0/s1. The molecule has 0 aromatic carbocycles. The number of rotatable bonds is 1. The Morgan fingerprint density at radius 2 is 2.23 bits per heavy atom. The highest BCUT2D eigenvalue weighted by atomic mass is 16.4. The van der Waals surface area contributed by atoms with Crippen molar-refractivity contribution >= 4 is 5.97 Å². The van der Waals surface area contributed by atoms with E-state index in [4.69, 9.17) is 5.11 Å². The molecule has 2 saturated carbocycles. The number of carbonyl (C=O) groups is 1. The van der Waals surface area contributed by atoms with Gasteiger partial charge in [-0.05, 0) is 37.0 Å². The Kier molecular flexibility index (Phi) is 2.09. The summed E-state index contributed by atoms with van der Waals surface area (Å²) in [5.41, 5.74) is 0.362. The predicted octanol–water partition coefficient (Wildman–Crippen LogP) is 2.68. The monoisotopic (exact) mass is 182 g/mol. The summed E-state index contributed by atoms with van der Waals surface area (Å²) in [6, 6.07) is 0. The maximum Gasteiger partial charge on any atom is 0.306 e. The highest BCUT2D eigenvalue weighted by Gasteiger charge is 2.46. The van der Waals surface area contributed by atoms with Crippen LogP contribution in [0.2, 0.25) is 0 Å². The molecule has 0 spiro atoms. The fraction of sp³-hybridized carbons (Fsp3) is 0.909. The topological polar surface area (TPSA) is 37.3 Å². The van der Waals surface area contributed by atoms with Crippen LogP contribution in [0.4, 0.5) is 0 Å². The highest BCUT2D eigenvalue weighted by molar-refractivity contribution is 5.70. The largest absolute Gasteiger partial charge is 0.481 e. The van der Waals surface area contributed by atoms with Gasteiger partial charge in [-0.1, -0.05) is 19.8 Å². The zero-order chi connectivity index (χ0) is 9.47. The second-order valence-corrected chi connectivity index (χ2v) is 5.07. The van der Waals surface area contributed by atoms with Crippen molar-refractivity contribution in [3.05, 3.63) is 0 Å². The van der Waals surface area contributed by atoms with Gasteiger partial charge in [0.2, 0.25) is 0 Å². The average Bonchev–Trinajstić information content (AvgIpc) is 2.41. The molecule has 2 fully saturated rings. The summed E-state index contributed by atoms with van der Waals surface area (Å²) < 4.78 is 0. The molecule has 2 nitrogen and oxygen atoms in total. The molecule has 2 heteroatoms. The molecule has 0 bridgehead atoms. The molecule has 1 N–H and O–H groups in total. The first-order valence-corrected chi connectivity index (χ1v) is 5.35. The van der Waals surface area contributed by atoms with Crippen molar-refractivity contribution in [3.8, 4) is 0 Å². The van der Waals surface area contributed by atoms with Crippen molar-refractivity contribution in [3.63, 3.8) is 0 Å². The highest BCUT2D eigenvalue weighted by Crippen LogP contribution is 2.54. The van der Waals surface area contributed by atoms with Crippen LogP contribution in [0.1, 0.15) is 45.4 Å². The molecule has 74 valence electrons. The first-order chi connectivity index (χ1) is 6.12. The second-order valence-electron chi connectivity index (χ2n) is 5.07. The number of hydrogen-bond acceptors (Lipinski definition) is 1. The van der Waals surface area contributed by atoms with Crippen LogP contribution >= 0.6 is 0 Å². The molecule has 2 aliphatic rings. The third-order valence-electron chi connectivity index (χ3n) is 4.17. The Balaban J connectivity index is 2.10. The van der Waals surface area contributed by atoms with E-state index in [2.05, 4.69) is 6.92 Å². The Hall–Kier alpha value is -0.530. The molecule has 0 radical (unpaired) electrons. The summed E-state index contributed by atoms with van der Waals surface area (Å²) >= 11 is 0. The van der Waals surface area contributed by atoms with E-state index in [-0.39, 0.29) is 5.92 Å². The third-order valence-corrected chi connectivity index (χ3v) is 4.17. The average molecular weight is 182 g/mol. The maximum absolute atomic E-state index is 10.9. The SMILES string of the molecule is C[C@@]12CCCC[C@H]1C[C@H](C(=O)O)C2. The Morgan fingerprint density at radius 1 is 1.46 bits per heavy atom. The van der Waals surface area contributed by atoms with E-state index >= 15 is 0 Å². The molecule has 0 aromatic rings. The van der Waals surface area contributed by atoms with Gasteiger partial charge in [0.05, 0.1) is 5.92 Å². The lowest BCUT2D eigenvalue weighted by Gasteiger charge is -2.35. The van der Waals surface area contributed by atoms with Crippen molar-refractivity contribution in [2.45, 2.75) is 45.4 Å². The van der Waals surface area contributed by atoms with Crippen LogP contribution in [-0.2, 0) is 4.79 Å². The van der Waals surface area contributed by atoms with Gasteiger partial charge < -0.3 is 5.11 Å². The summed E-state index contributed by atoms with van der Waals surface area (Å²) in [5.74, 6) is 0.0751. The Labute approximate surface area is 79.3 Å². The van der Waals surface area contributed by atoms with Gasteiger partial charge in [-0.3, -0.25) is 4.79 Å². The minimum Gasteiger partial charge on any atom is -0.481 e. The van der Waals surface area contributed by atoms with Crippen molar-refractivity contribution < 1.29 is 9.90 Å². The van der Waals surface area contributed by atoms with E-state index in [0.29, 0.717) is 11.3 Å². The molecule has 2 rings (SSSR count). The van der Waals surface area contributed by atoms with E-state index < -0.39 is 5.97 Å². The lowest BCUT2D eigenvalue weighted by Crippen LogP contribution is -2.25. The lowest BCUT2D eigenvalue weighted by molar-refractivity contribution is -0.141. The number of fused-ring (bicyclic) bond motifs is 1. The molecule has 2 aliphatic carbocycles. The smallest absolute Gasteiger partial charge is 0.306 e. The molecule has 13 heavy (non-hydrogen) atoms. The summed E-state index contributed by atoms with van der Waals surface area (Å²) in [5, 5.41) is 8.97. The Bertz CT molecular complexity index is 224. The molecular formula is C11H18O2. The van der Waals surface area contributed by atoms with E-state index in [9.17, 15) is 4.79 Å². The van der Waals surface area contributed by atoms with E-state index in [1.54, 1.807) is 0 Å². The van der Waals surface area contributed by atoms with Gasteiger partial charge in [0.1, 0.15) is 0 Å². The minimum absolute atomic E-state index is 0.0481. The fourth-order valence-corrected chi connectivity index (χ4v) is 3.32. The number of hydrogen-bond donors (Lipinski definition) is 1. The van der Waals surface area contributed by atoms with Crippen molar-refractivity contribution in [2.75, 3.05) is 0 Å². The van der Waals surface area contributed by atoms with Crippen LogP contribution in [0.25, 0.3) is 0 Å². The fourth-order valence-electron chi connectivity index (χ4n) is 3.32. The summed E-state index contributed by atoms with van der Waals surface area (Å²) in [6.07, 6.45) is 6.99. The predicted molar refractivity (Wildman–Crippen MR) is 50.4 cm³/mol. The molecule has 0 heterocycles. The summed E-state index contributed by atoms with van der Waals surface area (Å²) in [4.78, 5) is 10.9. The summed E-state index contributed by atoms with van der Waals surface area (Å²) in [6.45, 7) is 2.29. The molecule has 3 atom stereocenters. The van der Waals surface area contributed by atoms with Gasteiger partial charge in [0.15, 0.2) is 0 Å². The third kappa shape index (κ3) is 1.47. The molecular weight excluding hydrogens is 164 g/mol. The van der Waals surface area contributed by atoms with Crippen LogP contribution < -0.4 is 0 Å². The Morgan fingerprint density at radius 3 is 2.85 bits per heavy atom. The first-order valence-electron chi connectivity index (χ1n) is 5.35. The van der Waals surface area contributed by atoms with Gasteiger partial charge >= 0.3 is 5.97 Å². The van der Waals surface area contributed by atoms with Gasteiger partial charge in [0, 0.05) is 0 Å². The normalized spacial score (nSPS) is 44.4. The van der Waals surface area contributed by atoms with Crippen molar-refractivity contribution in [1.29, 1.82) is 0 Å². The molecule has 0 aliphatic heterocycles. The number of aliphatic carboxylic acids is 1. The maximum atomic E-state index is 10.9. The van der Waals surface area contributed by atoms with E-state index in [0.717, 1.165) is 12.8 Å². The minimum atomic E-state index is -0.573. The van der Waals surface area contributed by atoms with Gasteiger partial charge in [0.25, 0.3) is 0 Å². The van der Waals surface area contributed by atoms with Crippen LogP contribution in [0, 0.1) is 17.3 Å². The molecule has 0 aromatic heterocycles. The van der Waals surface area contributed by atoms with E-state index in [1.165, 1.54) is 25.7 Å². The van der Waals surface area contributed by atoms with Gasteiger partial charge in [-0.15, -0.1) is 0 Å². The zero-order valence-electron chi connectivity index (χ0n) is 8.25. The quantitative estimate of drug-likeness (QED) is 0.677. The molecule has 0 saturated heterocycles. The van der Waals surface area contributed by atoms with Crippen LogP contribution in [0.3, 0.4) is 0 Å².